The zero-order chi connectivity index (χ0) is 18.3. The number of aryl methyl sites for hydroxylation is 1. The molecule has 2 fully saturated rings. The maximum atomic E-state index is 13.1. The van der Waals surface area contributed by atoms with Gasteiger partial charge >= 0.3 is 0 Å². The highest BCUT2D eigenvalue weighted by atomic mass is 16.2. The molecule has 0 radical (unpaired) electrons. The quantitative estimate of drug-likeness (QED) is 0.868. The highest BCUT2D eigenvalue weighted by molar-refractivity contribution is 5.89. The van der Waals surface area contributed by atoms with E-state index in [1.54, 1.807) is 11.8 Å². The molecule has 2 amide bonds. The van der Waals surface area contributed by atoms with Crippen LogP contribution in [0, 0.1) is 12.8 Å². The Hall–Kier alpha value is -2.18. The molecule has 1 atom stereocenters. The molecule has 1 aromatic rings. The topological polar surface area (TPSA) is 86.4 Å². The van der Waals surface area contributed by atoms with Gasteiger partial charge in [-0.05, 0) is 32.6 Å². The summed E-state index contributed by atoms with van der Waals surface area (Å²) in [7, 11) is 0. The van der Waals surface area contributed by atoms with Crippen molar-refractivity contribution in [1.29, 1.82) is 0 Å². The summed E-state index contributed by atoms with van der Waals surface area (Å²) in [5.74, 6) is 0.767. The number of H-pyrrole nitrogens is 1. The summed E-state index contributed by atoms with van der Waals surface area (Å²) in [6, 6.07) is -0.376. The van der Waals surface area contributed by atoms with Gasteiger partial charge < -0.3 is 14.8 Å². The van der Waals surface area contributed by atoms with E-state index in [1.807, 2.05) is 4.90 Å². The smallest absolute Gasteiger partial charge is 0.256 e. The van der Waals surface area contributed by atoms with Crippen LogP contribution in [0.15, 0.2) is 4.79 Å². The summed E-state index contributed by atoms with van der Waals surface area (Å²) in [5.41, 5.74) is 1.10. The van der Waals surface area contributed by atoms with Crippen molar-refractivity contribution in [3.63, 3.8) is 0 Å². The number of amides is 2. The number of hydrogen-bond acceptors (Lipinski definition) is 4. The SMILES string of the molecule is Cc1nc2c(c(=O)[nH]1)CN(C(=O)[C@@H]1CCCN1C(=O)C1CCCCC1)C2. The Morgan fingerprint density at radius 2 is 1.81 bits per heavy atom. The first kappa shape index (κ1) is 17.2. The lowest BCUT2D eigenvalue weighted by Crippen LogP contribution is -2.48. The second-order valence-electron chi connectivity index (χ2n) is 7.80. The third-order valence-corrected chi connectivity index (χ3v) is 6.00. The molecule has 140 valence electrons. The van der Waals surface area contributed by atoms with E-state index in [9.17, 15) is 14.4 Å². The molecule has 1 saturated heterocycles. The Bertz CT molecular complexity index is 781. The standard InChI is InChI=1S/C19H26N4O3/c1-12-20-15-11-22(10-14(15)17(24)21-12)19(26)16-8-5-9-23(16)18(25)13-6-3-2-4-7-13/h13,16H,2-11H2,1H3,(H,20,21,24)/t16-/m0/s1. The molecular formula is C19H26N4O3. The fourth-order valence-electron chi connectivity index (χ4n) is 4.63. The van der Waals surface area contributed by atoms with E-state index in [-0.39, 0.29) is 29.3 Å². The summed E-state index contributed by atoms with van der Waals surface area (Å²) in [6.45, 7) is 3.07. The van der Waals surface area contributed by atoms with Crippen molar-refractivity contribution in [3.05, 3.63) is 27.4 Å². The van der Waals surface area contributed by atoms with E-state index in [1.165, 1.54) is 6.42 Å². The molecule has 26 heavy (non-hydrogen) atoms. The predicted molar refractivity (Wildman–Crippen MR) is 95.2 cm³/mol. The Labute approximate surface area is 152 Å². The molecule has 7 heteroatoms. The van der Waals surface area contributed by atoms with Gasteiger partial charge in [0, 0.05) is 12.5 Å². The van der Waals surface area contributed by atoms with Gasteiger partial charge in [0.1, 0.15) is 11.9 Å². The highest BCUT2D eigenvalue weighted by Crippen LogP contribution is 2.30. The van der Waals surface area contributed by atoms with Crippen molar-refractivity contribution in [2.45, 2.75) is 71.0 Å². The summed E-state index contributed by atoms with van der Waals surface area (Å²) in [6.07, 6.45) is 6.91. The van der Waals surface area contributed by atoms with Gasteiger partial charge in [0.25, 0.3) is 5.56 Å². The van der Waals surface area contributed by atoms with Gasteiger partial charge in [0.15, 0.2) is 0 Å². The molecule has 1 aliphatic carbocycles. The zero-order valence-corrected chi connectivity index (χ0v) is 15.3. The van der Waals surface area contributed by atoms with Crippen LogP contribution < -0.4 is 5.56 Å². The lowest BCUT2D eigenvalue weighted by Gasteiger charge is -2.31. The van der Waals surface area contributed by atoms with Crippen molar-refractivity contribution in [2.75, 3.05) is 6.54 Å². The number of hydrogen-bond donors (Lipinski definition) is 1. The van der Waals surface area contributed by atoms with Crippen LogP contribution in [-0.4, -0.2) is 44.2 Å². The number of carbonyl (C=O) groups is 2. The van der Waals surface area contributed by atoms with Crippen LogP contribution in [0.4, 0.5) is 0 Å². The summed E-state index contributed by atoms with van der Waals surface area (Å²) >= 11 is 0. The van der Waals surface area contributed by atoms with E-state index < -0.39 is 0 Å². The number of likely N-dealkylation sites (tertiary alicyclic amines) is 1. The second-order valence-corrected chi connectivity index (χ2v) is 7.80. The fraction of sp³-hybridized carbons (Fsp3) is 0.684. The minimum Gasteiger partial charge on any atom is -0.330 e. The fourth-order valence-corrected chi connectivity index (χ4v) is 4.63. The van der Waals surface area contributed by atoms with Crippen LogP contribution >= 0.6 is 0 Å². The van der Waals surface area contributed by atoms with Crippen LogP contribution in [0.25, 0.3) is 0 Å². The molecular weight excluding hydrogens is 332 g/mol. The Kier molecular flexibility index (Phi) is 4.54. The maximum absolute atomic E-state index is 13.1. The number of nitrogens with zero attached hydrogens (tertiary/aromatic N) is 3. The predicted octanol–water partition coefficient (Wildman–Crippen LogP) is 1.49. The minimum absolute atomic E-state index is 0.0401. The number of carbonyl (C=O) groups excluding carboxylic acids is 2. The lowest BCUT2D eigenvalue weighted by atomic mass is 9.88. The van der Waals surface area contributed by atoms with Crippen molar-refractivity contribution < 1.29 is 9.59 Å². The van der Waals surface area contributed by atoms with Gasteiger partial charge in [-0.3, -0.25) is 14.4 Å². The molecule has 2 aliphatic heterocycles. The Morgan fingerprint density at radius 1 is 1.04 bits per heavy atom. The van der Waals surface area contributed by atoms with Crippen LogP contribution in [0.3, 0.4) is 0 Å². The number of fused-ring (bicyclic) bond motifs is 1. The zero-order valence-electron chi connectivity index (χ0n) is 15.3. The van der Waals surface area contributed by atoms with E-state index >= 15 is 0 Å². The largest absolute Gasteiger partial charge is 0.330 e. The molecule has 3 heterocycles. The monoisotopic (exact) mass is 358 g/mol. The minimum atomic E-state index is -0.376. The van der Waals surface area contributed by atoms with Crippen molar-refractivity contribution in [3.8, 4) is 0 Å². The van der Waals surface area contributed by atoms with Crippen LogP contribution in [0.2, 0.25) is 0 Å². The van der Waals surface area contributed by atoms with E-state index in [0.717, 1.165) is 32.1 Å². The number of aromatic amines is 1. The molecule has 1 aromatic heterocycles. The van der Waals surface area contributed by atoms with Gasteiger partial charge in [0.05, 0.1) is 24.3 Å². The first-order valence-electron chi connectivity index (χ1n) is 9.72. The van der Waals surface area contributed by atoms with Gasteiger partial charge in [0.2, 0.25) is 11.8 Å². The third-order valence-electron chi connectivity index (χ3n) is 6.00. The first-order valence-corrected chi connectivity index (χ1v) is 9.72. The van der Waals surface area contributed by atoms with E-state index in [2.05, 4.69) is 9.97 Å². The second kappa shape index (κ2) is 6.85. The summed E-state index contributed by atoms with van der Waals surface area (Å²) in [5, 5.41) is 0. The van der Waals surface area contributed by atoms with Gasteiger partial charge in [-0.25, -0.2) is 4.98 Å². The molecule has 0 unspecified atom stereocenters. The van der Waals surface area contributed by atoms with Crippen molar-refractivity contribution in [1.82, 2.24) is 19.8 Å². The molecule has 0 spiro atoms. The van der Waals surface area contributed by atoms with Crippen LogP contribution in [-0.2, 0) is 22.7 Å². The number of aromatic nitrogens is 2. The summed E-state index contributed by atoms with van der Waals surface area (Å²) < 4.78 is 0. The van der Waals surface area contributed by atoms with Crippen LogP contribution in [0.1, 0.15) is 62.0 Å². The van der Waals surface area contributed by atoms with Crippen molar-refractivity contribution in [2.24, 2.45) is 5.92 Å². The Balaban J connectivity index is 1.48. The Morgan fingerprint density at radius 3 is 2.58 bits per heavy atom. The van der Waals surface area contributed by atoms with E-state index in [4.69, 9.17) is 0 Å². The average molecular weight is 358 g/mol. The molecule has 3 aliphatic rings. The molecule has 7 nitrogen and oxygen atoms in total. The molecule has 1 N–H and O–H groups in total. The maximum Gasteiger partial charge on any atom is 0.256 e. The molecule has 0 aromatic carbocycles. The van der Waals surface area contributed by atoms with Gasteiger partial charge in [-0.15, -0.1) is 0 Å². The van der Waals surface area contributed by atoms with Crippen LogP contribution in [0.5, 0.6) is 0 Å². The van der Waals surface area contributed by atoms with E-state index in [0.29, 0.717) is 43.1 Å². The first-order chi connectivity index (χ1) is 12.5. The average Bonchev–Trinajstić information content (AvgIpc) is 3.28. The van der Waals surface area contributed by atoms with Gasteiger partial charge in [-0.2, -0.15) is 0 Å². The summed E-state index contributed by atoms with van der Waals surface area (Å²) in [4.78, 5) is 48.7. The molecule has 4 rings (SSSR count). The molecule has 0 bridgehead atoms. The van der Waals surface area contributed by atoms with Gasteiger partial charge in [-0.1, -0.05) is 19.3 Å². The normalized spacial score (nSPS) is 23.3. The third kappa shape index (κ3) is 3.04. The lowest BCUT2D eigenvalue weighted by molar-refractivity contribution is -0.147. The van der Waals surface area contributed by atoms with Crippen molar-refractivity contribution >= 4 is 11.8 Å². The number of rotatable bonds is 2. The molecule has 1 saturated carbocycles. The number of nitrogens with one attached hydrogen (secondary N) is 1. The highest BCUT2D eigenvalue weighted by Gasteiger charge is 2.40.